The van der Waals surface area contributed by atoms with Crippen molar-refractivity contribution in [2.45, 2.75) is 37.5 Å². The summed E-state index contributed by atoms with van der Waals surface area (Å²) in [5, 5.41) is 15.7. The summed E-state index contributed by atoms with van der Waals surface area (Å²) in [5.41, 5.74) is 1.24. The fourth-order valence-electron chi connectivity index (χ4n) is 3.87. The maximum Gasteiger partial charge on any atom is 0.226 e. The van der Waals surface area contributed by atoms with Crippen LogP contribution in [0.4, 0.5) is 0 Å². The van der Waals surface area contributed by atoms with Crippen molar-refractivity contribution in [3.63, 3.8) is 0 Å². The first-order valence-corrected chi connectivity index (χ1v) is 10.1. The van der Waals surface area contributed by atoms with Crippen molar-refractivity contribution in [1.29, 1.82) is 0 Å². The van der Waals surface area contributed by atoms with Crippen molar-refractivity contribution in [2.24, 2.45) is 16.1 Å². The largest absolute Gasteiger partial charge is 0.494 e. The second-order valence-corrected chi connectivity index (χ2v) is 7.45. The van der Waals surface area contributed by atoms with Crippen molar-refractivity contribution in [3.05, 3.63) is 42.2 Å². The highest BCUT2D eigenvalue weighted by molar-refractivity contribution is 5.79. The molecule has 0 radical (unpaired) electrons. The fraction of sp³-hybridized carbons (Fsp3) is 0.455. The van der Waals surface area contributed by atoms with Crippen molar-refractivity contribution < 1.29 is 14.3 Å². The quantitative estimate of drug-likeness (QED) is 0.647. The van der Waals surface area contributed by atoms with E-state index in [2.05, 4.69) is 26.6 Å². The zero-order chi connectivity index (χ0) is 21.0. The van der Waals surface area contributed by atoms with E-state index in [4.69, 9.17) is 15.9 Å². The number of amides is 1. The molecule has 1 aromatic carbocycles. The Balaban J connectivity index is 1.43. The van der Waals surface area contributed by atoms with Gasteiger partial charge in [0.2, 0.25) is 5.91 Å². The molecule has 2 aliphatic heterocycles. The van der Waals surface area contributed by atoms with E-state index in [1.807, 2.05) is 30.3 Å². The van der Waals surface area contributed by atoms with Crippen LogP contribution in [0.3, 0.4) is 0 Å². The minimum atomic E-state index is -0.395. The Morgan fingerprint density at radius 2 is 2.20 bits per heavy atom. The monoisotopic (exact) mass is 407 g/mol. The number of hydrogen-bond donors (Lipinski definition) is 1. The summed E-state index contributed by atoms with van der Waals surface area (Å²) in [6.45, 7) is 1.03. The molecule has 1 amide bonds. The van der Waals surface area contributed by atoms with Crippen LogP contribution in [0.1, 0.15) is 37.5 Å². The zero-order valence-corrected chi connectivity index (χ0v) is 17.0. The van der Waals surface area contributed by atoms with Crippen LogP contribution < -0.4 is 10.1 Å². The number of rotatable bonds is 9. The van der Waals surface area contributed by atoms with Crippen LogP contribution >= 0.6 is 0 Å². The number of hydrogen-bond acceptors (Lipinski definition) is 6. The molecule has 4 rings (SSSR count). The van der Waals surface area contributed by atoms with Gasteiger partial charge in [-0.05, 0) is 24.6 Å². The van der Waals surface area contributed by atoms with Crippen molar-refractivity contribution >= 4 is 5.91 Å². The van der Waals surface area contributed by atoms with E-state index in [0.717, 1.165) is 17.8 Å². The second-order valence-electron chi connectivity index (χ2n) is 7.45. The molecule has 1 aromatic heterocycles. The molecule has 0 unspecified atom stereocenters. The number of aromatic nitrogens is 2. The molecule has 0 aliphatic carbocycles. The molecule has 0 saturated carbocycles. The summed E-state index contributed by atoms with van der Waals surface area (Å²) >= 11 is 0. The lowest BCUT2D eigenvalue weighted by atomic mass is 9.97. The molecule has 2 aromatic rings. The van der Waals surface area contributed by atoms with E-state index >= 15 is 0 Å². The number of terminal acetylenes is 1. The van der Waals surface area contributed by atoms with Gasteiger partial charge in [-0.25, -0.2) is 4.68 Å². The summed E-state index contributed by atoms with van der Waals surface area (Å²) in [6, 6.07) is 9.53. The second kappa shape index (κ2) is 8.67. The highest BCUT2D eigenvalue weighted by Crippen LogP contribution is 2.38. The van der Waals surface area contributed by atoms with Gasteiger partial charge in [-0.1, -0.05) is 12.1 Å². The van der Waals surface area contributed by atoms with Gasteiger partial charge >= 0.3 is 0 Å². The number of benzene rings is 1. The van der Waals surface area contributed by atoms with Crippen LogP contribution in [0.15, 0.2) is 46.8 Å². The number of nitrogens with zero attached hydrogens (tertiary/aromatic N) is 4. The van der Waals surface area contributed by atoms with E-state index in [1.54, 1.807) is 18.0 Å². The third kappa shape index (κ3) is 4.07. The molecule has 156 valence electrons. The Kier molecular flexibility index (Phi) is 5.81. The first-order chi connectivity index (χ1) is 14.7. The molecule has 30 heavy (non-hydrogen) atoms. The number of carbonyl (C=O) groups is 1. The van der Waals surface area contributed by atoms with Gasteiger partial charge < -0.3 is 14.8 Å². The van der Waals surface area contributed by atoms with Crippen molar-refractivity contribution in [3.8, 4) is 23.8 Å². The van der Waals surface area contributed by atoms with Gasteiger partial charge in [0.05, 0.1) is 18.7 Å². The standard InChI is InChI=1S/C22H25N5O3/c1-3-4-11-22(25-26-22)12-14-23-21(28)16-10-15-30-20(16)18-9-13-24-27(18)17-7-5-6-8-19(17)29-2/h1,5-9,13,16,20H,4,10-12,14-15H2,2H3,(H,23,28)/t16-,20-/m1/s1. The zero-order valence-electron chi connectivity index (χ0n) is 17.0. The Hall–Kier alpha value is -3.18. The summed E-state index contributed by atoms with van der Waals surface area (Å²) in [5.74, 6) is 3.00. The predicted octanol–water partition coefficient (Wildman–Crippen LogP) is 3.04. The normalized spacial score (nSPS) is 21.2. The summed E-state index contributed by atoms with van der Waals surface area (Å²) in [4.78, 5) is 12.9. The third-order valence-electron chi connectivity index (χ3n) is 5.58. The summed E-state index contributed by atoms with van der Waals surface area (Å²) < 4.78 is 13.2. The maximum absolute atomic E-state index is 12.9. The molecule has 8 heteroatoms. The van der Waals surface area contributed by atoms with Gasteiger partial charge in [0.1, 0.15) is 17.5 Å². The lowest BCUT2D eigenvalue weighted by Gasteiger charge is -2.20. The molecule has 0 spiro atoms. The first kappa shape index (κ1) is 20.1. The smallest absolute Gasteiger partial charge is 0.226 e. The van der Waals surface area contributed by atoms with Crippen LogP contribution in [0.2, 0.25) is 0 Å². The van der Waals surface area contributed by atoms with Crippen LogP contribution in [-0.4, -0.2) is 41.6 Å². The summed E-state index contributed by atoms with van der Waals surface area (Å²) in [6.07, 6.45) is 9.35. The highest BCUT2D eigenvalue weighted by atomic mass is 16.5. The number of methoxy groups -OCH3 is 1. The molecule has 2 atom stereocenters. The molecular formula is C22H25N5O3. The van der Waals surface area contributed by atoms with Gasteiger partial charge in [-0.3, -0.25) is 4.79 Å². The van der Waals surface area contributed by atoms with Crippen LogP contribution in [0, 0.1) is 18.3 Å². The molecule has 2 aliphatic rings. The Bertz CT molecular complexity index is 971. The molecule has 0 bridgehead atoms. The number of ether oxygens (including phenoxy) is 2. The van der Waals surface area contributed by atoms with E-state index in [0.29, 0.717) is 38.2 Å². The van der Waals surface area contributed by atoms with Crippen molar-refractivity contribution in [2.75, 3.05) is 20.3 Å². The third-order valence-corrected chi connectivity index (χ3v) is 5.58. The van der Waals surface area contributed by atoms with E-state index in [9.17, 15) is 4.79 Å². The van der Waals surface area contributed by atoms with Gasteiger partial charge in [0.15, 0.2) is 5.66 Å². The first-order valence-electron chi connectivity index (χ1n) is 10.1. The predicted molar refractivity (Wildman–Crippen MR) is 110 cm³/mol. The SMILES string of the molecule is C#CCCC1(CCNC(=O)[C@@H]2CCO[C@H]2c2ccnn2-c2ccccc2OC)N=N1. The average Bonchev–Trinajstić information content (AvgIpc) is 3.17. The maximum atomic E-state index is 12.9. The lowest BCUT2D eigenvalue weighted by Crippen LogP contribution is -2.35. The van der Waals surface area contributed by atoms with Crippen LogP contribution in [-0.2, 0) is 9.53 Å². The minimum absolute atomic E-state index is 0.0296. The van der Waals surface area contributed by atoms with Crippen LogP contribution in [0.25, 0.3) is 5.69 Å². The summed E-state index contributed by atoms with van der Waals surface area (Å²) in [7, 11) is 1.62. The van der Waals surface area contributed by atoms with E-state index in [-0.39, 0.29) is 17.9 Å². The fourth-order valence-corrected chi connectivity index (χ4v) is 3.87. The molecule has 1 saturated heterocycles. The van der Waals surface area contributed by atoms with Gasteiger partial charge in [-0.15, -0.1) is 12.3 Å². The Labute approximate surface area is 175 Å². The van der Waals surface area contributed by atoms with Crippen LogP contribution in [0.5, 0.6) is 5.75 Å². The Morgan fingerprint density at radius 1 is 1.37 bits per heavy atom. The van der Waals surface area contributed by atoms with E-state index in [1.165, 1.54) is 0 Å². The molecule has 1 fully saturated rings. The van der Waals surface area contributed by atoms with Crippen molar-refractivity contribution in [1.82, 2.24) is 15.1 Å². The van der Waals surface area contributed by atoms with Gasteiger partial charge in [0.25, 0.3) is 0 Å². The minimum Gasteiger partial charge on any atom is -0.494 e. The number of nitrogens with one attached hydrogen (secondary N) is 1. The highest BCUT2D eigenvalue weighted by Gasteiger charge is 2.40. The van der Waals surface area contributed by atoms with Gasteiger partial charge in [0, 0.05) is 38.6 Å². The molecule has 1 N–H and O–H groups in total. The van der Waals surface area contributed by atoms with Gasteiger partial charge in [-0.2, -0.15) is 15.3 Å². The topological polar surface area (TPSA) is 90.1 Å². The Morgan fingerprint density at radius 3 is 2.97 bits per heavy atom. The van der Waals surface area contributed by atoms with E-state index < -0.39 is 5.66 Å². The molecule has 3 heterocycles. The lowest BCUT2D eigenvalue weighted by molar-refractivity contribution is -0.126. The molecular weight excluding hydrogens is 382 g/mol. The average molecular weight is 407 g/mol. The molecule has 8 nitrogen and oxygen atoms in total. The number of para-hydroxylation sites is 2. The number of carbonyl (C=O) groups excluding carboxylic acids is 1.